The molecule has 3 saturated carbocycles. The zero-order valence-corrected chi connectivity index (χ0v) is 20.7. The van der Waals surface area contributed by atoms with Gasteiger partial charge in [0.1, 0.15) is 11.5 Å². The summed E-state index contributed by atoms with van der Waals surface area (Å²) in [5.74, 6) is 2.38. The number of allylic oxidation sites excluding steroid dienone is 1. The first-order valence-corrected chi connectivity index (χ1v) is 12.9. The van der Waals surface area contributed by atoms with E-state index in [4.69, 9.17) is 9.47 Å². The van der Waals surface area contributed by atoms with Crippen molar-refractivity contribution in [2.45, 2.75) is 84.5 Å². The number of ether oxygens (including phenoxy) is 2. The summed E-state index contributed by atoms with van der Waals surface area (Å²) in [6, 6.07) is 7.85. The predicted octanol–water partition coefficient (Wildman–Crippen LogP) is 6.07. The molecular weight excluding hydrogens is 412 g/mol. The van der Waals surface area contributed by atoms with Crippen molar-refractivity contribution in [1.29, 1.82) is 0 Å². The number of hydrogen-bond acceptors (Lipinski definition) is 4. The Morgan fingerprint density at radius 3 is 2.52 bits per heavy atom. The van der Waals surface area contributed by atoms with Crippen LogP contribution in [0, 0.1) is 34.5 Å². The first-order chi connectivity index (χ1) is 15.7. The molecule has 4 aliphatic rings. The summed E-state index contributed by atoms with van der Waals surface area (Å²) in [5, 5.41) is 11.3. The highest BCUT2D eigenvalue weighted by atomic mass is 16.6. The van der Waals surface area contributed by atoms with Gasteiger partial charge in [0.25, 0.3) is 0 Å². The highest BCUT2D eigenvalue weighted by Crippen LogP contribution is 2.66. The van der Waals surface area contributed by atoms with Gasteiger partial charge in [0.15, 0.2) is 5.79 Å². The van der Waals surface area contributed by atoms with Crippen LogP contribution < -0.4 is 4.74 Å². The summed E-state index contributed by atoms with van der Waals surface area (Å²) in [6.07, 6.45) is 10.5. The summed E-state index contributed by atoms with van der Waals surface area (Å²) in [6.45, 7) is 7.06. The molecule has 7 atom stereocenters. The molecule has 33 heavy (non-hydrogen) atoms. The van der Waals surface area contributed by atoms with Crippen LogP contribution in [0.15, 0.2) is 35.9 Å². The van der Waals surface area contributed by atoms with Crippen LogP contribution in [0.2, 0.25) is 0 Å². The molecule has 0 amide bonds. The number of hydrogen-bond donors (Lipinski definition) is 1. The molecule has 4 aliphatic carbocycles. The van der Waals surface area contributed by atoms with Crippen LogP contribution in [0.5, 0.6) is 5.75 Å². The maximum absolute atomic E-state index is 12.4. The highest BCUT2D eigenvalue weighted by molar-refractivity contribution is 5.79. The summed E-state index contributed by atoms with van der Waals surface area (Å²) in [7, 11) is 1.66. The smallest absolute Gasteiger partial charge is 0.169 e. The van der Waals surface area contributed by atoms with Gasteiger partial charge in [-0.2, -0.15) is 0 Å². The van der Waals surface area contributed by atoms with Gasteiger partial charge in [0.2, 0.25) is 0 Å². The van der Waals surface area contributed by atoms with Crippen molar-refractivity contribution in [1.82, 2.24) is 0 Å². The number of rotatable bonds is 5. The average molecular weight is 453 g/mol. The van der Waals surface area contributed by atoms with Crippen molar-refractivity contribution in [3.8, 4) is 5.75 Å². The van der Waals surface area contributed by atoms with E-state index in [2.05, 4.69) is 19.9 Å². The van der Waals surface area contributed by atoms with Gasteiger partial charge in [-0.15, -0.1) is 0 Å². The Hall–Kier alpha value is -1.65. The van der Waals surface area contributed by atoms with E-state index in [0.717, 1.165) is 30.6 Å². The van der Waals surface area contributed by atoms with E-state index in [1.807, 2.05) is 24.3 Å². The van der Waals surface area contributed by atoms with E-state index in [1.54, 1.807) is 14.0 Å². The van der Waals surface area contributed by atoms with Crippen LogP contribution in [-0.4, -0.2) is 23.8 Å². The molecule has 1 aromatic carbocycles. The second-order valence-electron chi connectivity index (χ2n) is 11.8. The van der Waals surface area contributed by atoms with Gasteiger partial charge in [0, 0.05) is 18.8 Å². The Labute approximate surface area is 198 Å². The standard InChI is InChI=1S/C29H40O4/c1-19(30)24-11-12-25-23-10-7-21-17-29(31,33-18-20-5-8-22(32-4)9-6-20)16-15-27(21,2)26(23)13-14-28(24,25)3/h5-9,23-26,31H,10-18H2,1-4H3/t23?,24-,25?,26?,27+,28-,29+/m1/s1. The zero-order valence-electron chi connectivity index (χ0n) is 20.7. The van der Waals surface area contributed by atoms with Gasteiger partial charge in [-0.05, 0) is 91.7 Å². The van der Waals surface area contributed by atoms with E-state index in [1.165, 1.54) is 24.8 Å². The number of methoxy groups -OCH3 is 1. The molecule has 0 bridgehead atoms. The van der Waals surface area contributed by atoms with Gasteiger partial charge >= 0.3 is 0 Å². The lowest BCUT2D eigenvalue weighted by Gasteiger charge is -2.58. The number of carbonyl (C=O) groups is 1. The van der Waals surface area contributed by atoms with Gasteiger partial charge < -0.3 is 14.6 Å². The van der Waals surface area contributed by atoms with Gasteiger partial charge in [-0.1, -0.05) is 37.6 Å². The molecule has 0 saturated heterocycles. The molecule has 3 unspecified atom stereocenters. The van der Waals surface area contributed by atoms with Gasteiger partial charge in [-0.25, -0.2) is 0 Å². The molecule has 180 valence electrons. The quantitative estimate of drug-likeness (QED) is 0.435. The molecule has 5 rings (SSSR count). The van der Waals surface area contributed by atoms with Crippen molar-refractivity contribution in [3.63, 3.8) is 0 Å². The molecule has 1 aromatic rings. The molecule has 0 spiro atoms. The van der Waals surface area contributed by atoms with Crippen molar-refractivity contribution in [3.05, 3.63) is 41.5 Å². The van der Waals surface area contributed by atoms with E-state index >= 15 is 0 Å². The lowest BCUT2D eigenvalue weighted by molar-refractivity contribution is -0.231. The number of fused-ring (bicyclic) bond motifs is 5. The Balaban J connectivity index is 1.30. The first-order valence-electron chi connectivity index (χ1n) is 12.9. The van der Waals surface area contributed by atoms with Crippen molar-refractivity contribution in [2.75, 3.05) is 7.11 Å². The minimum absolute atomic E-state index is 0.147. The fraction of sp³-hybridized carbons (Fsp3) is 0.690. The second kappa shape index (κ2) is 8.23. The number of carbonyl (C=O) groups excluding carboxylic acids is 1. The summed E-state index contributed by atoms with van der Waals surface area (Å²) in [5.41, 5.74) is 2.78. The molecule has 0 heterocycles. The van der Waals surface area contributed by atoms with Gasteiger partial charge in [-0.3, -0.25) is 4.79 Å². The van der Waals surface area contributed by atoms with Crippen LogP contribution in [0.4, 0.5) is 0 Å². The number of ketones is 1. The van der Waals surface area contributed by atoms with E-state index in [0.29, 0.717) is 43.0 Å². The summed E-state index contributed by atoms with van der Waals surface area (Å²) >= 11 is 0. The molecule has 1 N–H and O–H groups in total. The average Bonchev–Trinajstić information content (AvgIpc) is 3.16. The summed E-state index contributed by atoms with van der Waals surface area (Å²) < 4.78 is 11.4. The number of aliphatic hydroxyl groups is 1. The lowest BCUT2D eigenvalue weighted by atomic mass is 9.47. The second-order valence-corrected chi connectivity index (χ2v) is 11.8. The van der Waals surface area contributed by atoms with Crippen molar-refractivity contribution in [2.24, 2.45) is 34.5 Å². The molecular formula is C29H40O4. The molecule has 0 aliphatic heterocycles. The topological polar surface area (TPSA) is 55.8 Å². The van der Waals surface area contributed by atoms with E-state index in [-0.39, 0.29) is 16.7 Å². The van der Waals surface area contributed by atoms with Crippen LogP contribution in [0.25, 0.3) is 0 Å². The Morgan fingerprint density at radius 1 is 1.06 bits per heavy atom. The number of Topliss-reactive ketones (excluding diaryl/α,β-unsaturated/α-hetero) is 1. The third-order valence-electron chi connectivity index (χ3n) is 10.3. The summed E-state index contributed by atoms with van der Waals surface area (Å²) in [4.78, 5) is 12.4. The number of benzene rings is 1. The molecule has 0 aromatic heterocycles. The SMILES string of the molecule is COc1ccc(CO[C@@]2(O)CC[C@@]3(C)C(=CCC4C3CC[C@@]3(C)C4CC[C@@H]3C(C)=O)C2)cc1. The Bertz CT molecular complexity index is 935. The van der Waals surface area contributed by atoms with Crippen LogP contribution in [0.3, 0.4) is 0 Å². The largest absolute Gasteiger partial charge is 0.497 e. The fourth-order valence-corrected chi connectivity index (χ4v) is 8.35. The molecule has 3 fully saturated rings. The Kier molecular flexibility index (Phi) is 5.77. The molecule has 0 radical (unpaired) electrons. The fourth-order valence-electron chi connectivity index (χ4n) is 8.35. The monoisotopic (exact) mass is 452 g/mol. The first kappa shape index (κ1) is 23.1. The van der Waals surface area contributed by atoms with Crippen LogP contribution >= 0.6 is 0 Å². The maximum Gasteiger partial charge on any atom is 0.169 e. The van der Waals surface area contributed by atoms with Gasteiger partial charge in [0.05, 0.1) is 13.7 Å². The molecule has 4 nitrogen and oxygen atoms in total. The minimum atomic E-state index is -1.09. The lowest BCUT2D eigenvalue weighted by Crippen LogP contribution is -2.52. The van der Waals surface area contributed by atoms with Crippen molar-refractivity contribution >= 4 is 5.78 Å². The maximum atomic E-state index is 12.4. The van der Waals surface area contributed by atoms with Crippen molar-refractivity contribution < 1.29 is 19.4 Å². The van der Waals surface area contributed by atoms with E-state index in [9.17, 15) is 9.90 Å². The molecule has 4 heteroatoms. The Morgan fingerprint density at radius 2 is 1.82 bits per heavy atom. The van der Waals surface area contributed by atoms with Crippen LogP contribution in [-0.2, 0) is 16.1 Å². The zero-order chi connectivity index (χ0) is 23.4. The normalized spacial score (nSPS) is 42.0. The third-order valence-corrected chi connectivity index (χ3v) is 10.3. The predicted molar refractivity (Wildman–Crippen MR) is 129 cm³/mol. The minimum Gasteiger partial charge on any atom is -0.497 e. The van der Waals surface area contributed by atoms with Crippen LogP contribution in [0.1, 0.15) is 77.7 Å². The highest BCUT2D eigenvalue weighted by Gasteiger charge is 2.60. The van der Waals surface area contributed by atoms with E-state index < -0.39 is 5.79 Å². The third kappa shape index (κ3) is 3.78.